The molecule has 172 valence electrons. The van der Waals surface area contributed by atoms with Crippen LogP contribution in [0.5, 0.6) is 0 Å². The van der Waals surface area contributed by atoms with Crippen LogP contribution < -0.4 is 14.5 Å². The number of benzene rings is 3. The molecule has 1 heterocycles. The van der Waals surface area contributed by atoms with Gasteiger partial charge < -0.3 is 10.2 Å². The van der Waals surface area contributed by atoms with Crippen LogP contribution in [0.25, 0.3) is 0 Å². The molecule has 4 rings (SSSR count). The number of hydrogen-bond acceptors (Lipinski definition) is 4. The SMILES string of the molecule is O=C(CN(c1ccc(F)cc1)S(=O)(=O)c1ccccc1)NCc1ccc(N2CCCC2)cc1. The summed E-state index contributed by atoms with van der Waals surface area (Å²) < 4.78 is 40.9. The summed E-state index contributed by atoms with van der Waals surface area (Å²) in [6.07, 6.45) is 2.41. The molecule has 1 fully saturated rings. The molecule has 3 aromatic rings. The van der Waals surface area contributed by atoms with Gasteiger partial charge in [-0.2, -0.15) is 0 Å². The van der Waals surface area contributed by atoms with Gasteiger partial charge >= 0.3 is 0 Å². The van der Waals surface area contributed by atoms with Crippen molar-refractivity contribution in [3.63, 3.8) is 0 Å². The molecule has 0 aliphatic carbocycles. The van der Waals surface area contributed by atoms with E-state index in [1.54, 1.807) is 18.2 Å². The third-order valence-corrected chi connectivity index (χ3v) is 7.42. The molecule has 1 aliphatic rings. The fourth-order valence-corrected chi connectivity index (χ4v) is 5.27. The molecule has 1 amide bonds. The van der Waals surface area contributed by atoms with Gasteiger partial charge in [-0.3, -0.25) is 9.10 Å². The summed E-state index contributed by atoms with van der Waals surface area (Å²) in [5.41, 5.74) is 2.30. The third kappa shape index (κ3) is 5.51. The maximum absolute atomic E-state index is 13.4. The average Bonchev–Trinajstić information content (AvgIpc) is 3.38. The zero-order chi connectivity index (χ0) is 23.3. The minimum absolute atomic E-state index is 0.0552. The highest BCUT2D eigenvalue weighted by Crippen LogP contribution is 2.24. The predicted molar refractivity (Wildman–Crippen MR) is 127 cm³/mol. The minimum atomic E-state index is -4.02. The molecule has 0 unspecified atom stereocenters. The first-order valence-electron chi connectivity index (χ1n) is 10.9. The van der Waals surface area contributed by atoms with E-state index in [1.807, 2.05) is 24.3 Å². The van der Waals surface area contributed by atoms with Gasteiger partial charge in [-0.15, -0.1) is 0 Å². The largest absolute Gasteiger partial charge is 0.372 e. The standard InChI is InChI=1S/C25H26FN3O3S/c26-21-10-14-23(15-11-21)29(33(31,32)24-6-2-1-3-7-24)19-25(30)27-18-20-8-12-22(13-9-20)28-16-4-5-17-28/h1-3,6-15H,4-5,16-19H2,(H,27,30). The van der Waals surface area contributed by atoms with Gasteiger partial charge in [0.1, 0.15) is 12.4 Å². The second kappa shape index (κ2) is 10.0. The quantitative estimate of drug-likeness (QED) is 0.545. The van der Waals surface area contributed by atoms with E-state index in [0.29, 0.717) is 0 Å². The Hall–Kier alpha value is -3.39. The van der Waals surface area contributed by atoms with E-state index in [1.165, 1.54) is 54.9 Å². The van der Waals surface area contributed by atoms with Crippen LogP contribution in [0.4, 0.5) is 15.8 Å². The number of amides is 1. The van der Waals surface area contributed by atoms with Crippen molar-refractivity contribution in [3.8, 4) is 0 Å². The molecule has 0 bridgehead atoms. The Morgan fingerprint density at radius 2 is 1.55 bits per heavy atom. The first kappa shape index (κ1) is 22.8. The van der Waals surface area contributed by atoms with E-state index < -0.39 is 28.3 Å². The summed E-state index contributed by atoms with van der Waals surface area (Å²) >= 11 is 0. The van der Waals surface area contributed by atoms with Crippen molar-refractivity contribution < 1.29 is 17.6 Å². The number of hydrogen-bond donors (Lipinski definition) is 1. The average molecular weight is 468 g/mol. The highest BCUT2D eigenvalue weighted by Gasteiger charge is 2.27. The summed E-state index contributed by atoms with van der Waals surface area (Å²) in [5.74, 6) is -0.944. The Labute approximate surface area is 193 Å². The van der Waals surface area contributed by atoms with Crippen LogP contribution >= 0.6 is 0 Å². The molecule has 0 saturated carbocycles. The number of carbonyl (C=O) groups excluding carboxylic acids is 1. The Morgan fingerprint density at radius 3 is 2.18 bits per heavy atom. The van der Waals surface area contributed by atoms with E-state index in [9.17, 15) is 17.6 Å². The van der Waals surface area contributed by atoms with Crippen LogP contribution in [0.1, 0.15) is 18.4 Å². The highest BCUT2D eigenvalue weighted by atomic mass is 32.2. The molecular weight excluding hydrogens is 441 g/mol. The summed E-state index contributed by atoms with van der Waals surface area (Å²) in [7, 11) is -4.02. The molecule has 33 heavy (non-hydrogen) atoms. The van der Waals surface area contributed by atoms with Crippen LogP contribution in [0.15, 0.2) is 83.8 Å². The number of carbonyl (C=O) groups is 1. The fourth-order valence-electron chi connectivity index (χ4n) is 3.83. The number of halogens is 1. The lowest BCUT2D eigenvalue weighted by Gasteiger charge is -2.24. The smallest absolute Gasteiger partial charge is 0.264 e. The van der Waals surface area contributed by atoms with Crippen LogP contribution in [-0.2, 0) is 21.4 Å². The van der Waals surface area contributed by atoms with Gasteiger partial charge in [0.25, 0.3) is 10.0 Å². The monoisotopic (exact) mass is 467 g/mol. The van der Waals surface area contributed by atoms with Gasteiger partial charge in [0.15, 0.2) is 0 Å². The molecule has 1 aliphatic heterocycles. The zero-order valence-electron chi connectivity index (χ0n) is 18.2. The van der Waals surface area contributed by atoms with E-state index in [4.69, 9.17) is 0 Å². The molecule has 3 aromatic carbocycles. The van der Waals surface area contributed by atoms with Gasteiger partial charge in [-0.05, 0) is 66.9 Å². The van der Waals surface area contributed by atoms with E-state index in [0.717, 1.165) is 23.0 Å². The molecule has 0 radical (unpaired) electrons. The Morgan fingerprint density at radius 1 is 0.909 bits per heavy atom. The normalized spacial score (nSPS) is 13.7. The number of anilines is 2. The molecule has 1 N–H and O–H groups in total. The number of sulfonamides is 1. The van der Waals surface area contributed by atoms with Crippen LogP contribution in [0.2, 0.25) is 0 Å². The van der Waals surface area contributed by atoms with Crippen molar-refractivity contribution in [2.75, 3.05) is 28.8 Å². The first-order valence-corrected chi connectivity index (χ1v) is 12.3. The second-order valence-corrected chi connectivity index (χ2v) is 9.80. The van der Waals surface area contributed by atoms with Gasteiger partial charge in [-0.1, -0.05) is 30.3 Å². The van der Waals surface area contributed by atoms with Crippen molar-refractivity contribution in [1.29, 1.82) is 0 Å². The lowest BCUT2D eigenvalue weighted by molar-refractivity contribution is -0.119. The lowest BCUT2D eigenvalue weighted by atomic mass is 10.2. The molecule has 6 nitrogen and oxygen atoms in total. The van der Waals surface area contributed by atoms with Crippen molar-refractivity contribution in [2.45, 2.75) is 24.3 Å². The fraction of sp³-hybridized carbons (Fsp3) is 0.240. The van der Waals surface area contributed by atoms with Gasteiger partial charge in [0.2, 0.25) is 5.91 Å². The van der Waals surface area contributed by atoms with E-state index >= 15 is 0 Å². The predicted octanol–water partition coefficient (Wildman–Crippen LogP) is 3.94. The molecule has 1 saturated heterocycles. The van der Waals surface area contributed by atoms with Crippen LogP contribution in [0, 0.1) is 5.82 Å². The van der Waals surface area contributed by atoms with Crippen molar-refractivity contribution in [1.82, 2.24) is 5.32 Å². The summed E-state index contributed by atoms with van der Waals surface area (Å²) in [6, 6.07) is 20.9. The van der Waals surface area contributed by atoms with Crippen LogP contribution in [-0.4, -0.2) is 34.0 Å². The van der Waals surface area contributed by atoms with Gasteiger partial charge in [-0.25, -0.2) is 12.8 Å². The number of nitrogens with one attached hydrogen (secondary N) is 1. The Balaban J connectivity index is 1.46. The summed E-state index contributed by atoms with van der Waals surface area (Å²) in [5, 5.41) is 2.79. The first-order chi connectivity index (χ1) is 15.9. The van der Waals surface area contributed by atoms with Crippen molar-refractivity contribution in [2.24, 2.45) is 0 Å². The number of nitrogens with zero attached hydrogens (tertiary/aromatic N) is 2. The number of rotatable bonds is 8. The maximum Gasteiger partial charge on any atom is 0.264 e. The molecule has 0 aromatic heterocycles. The van der Waals surface area contributed by atoms with Gasteiger partial charge in [0, 0.05) is 25.3 Å². The molecule has 8 heteroatoms. The molecular formula is C25H26FN3O3S. The zero-order valence-corrected chi connectivity index (χ0v) is 19.0. The van der Waals surface area contributed by atoms with Crippen molar-refractivity contribution >= 4 is 27.3 Å². The summed E-state index contributed by atoms with van der Waals surface area (Å²) in [6.45, 7) is 1.98. The third-order valence-electron chi connectivity index (χ3n) is 5.63. The molecule has 0 atom stereocenters. The van der Waals surface area contributed by atoms with E-state index in [-0.39, 0.29) is 17.1 Å². The lowest BCUT2D eigenvalue weighted by Crippen LogP contribution is -2.40. The topological polar surface area (TPSA) is 69.7 Å². The second-order valence-electron chi connectivity index (χ2n) is 7.94. The van der Waals surface area contributed by atoms with E-state index in [2.05, 4.69) is 10.2 Å². The van der Waals surface area contributed by atoms with Gasteiger partial charge in [0.05, 0.1) is 10.6 Å². The minimum Gasteiger partial charge on any atom is -0.372 e. The van der Waals surface area contributed by atoms with Crippen molar-refractivity contribution in [3.05, 3.63) is 90.2 Å². The van der Waals surface area contributed by atoms with Crippen LogP contribution in [0.3, 0.4) is 0 Å². The maximum atomic E-state index is 13.4. The summed E-state index contributed by atoms with van der Waals surface area (Å²) in [4.78, 5) is 15.1. The highest BCUT2D eigenvalue weighted by molar-refractivity contribution is 7.92. The Kier molecular flexibility index (Phi) is 6.93. The Bertz CT molecular complexity index is 1180. The molecule has 0 spiro atoms.